The highest BCUT2D eigenvalue weighted by molar-refractivity contribution is 9.10. The van der Waals surface area contributed by atoms with E-state index in [-0.39, 0.29) is 0 Å². The Morgan fingerprint density at radius 1 is 1.47 bits per heavy atom. The highest BCUT2D eigenvalue weighted by atomic mass is 79.9. The Kier molecular flexibility index (Phi) is 4.82. The van der Waals surface area contributed by atoms with Crippen molar-refractivity contribution < 1.29 is 14.6 Å². The first kappa shape index (κ1) is 14.3. The van der Waals surface area contributed by atoms with Crippen LogP contribution in [-0.2, 0) is 4.74 Å². The number of carboxylic acids is 1. The molecule has 0 aliphatic carbocycles. The average Bonchev–Trinajstić information content (AvgIpc) is 2.39. The fraction of sp³-hybridized carbons (Fsp3) is 0.500. The van der Waals surface area contributed by atoms with E-state index in [1.165, 1.54) is 0 Å². The van der Waals surface area contributed by atoms with Crippen molar-refractivity contribution in [1.82, 2.24) is 0 Å². The topological polar surface area (TPSA) is 49.8 Å². The third kappa shape index (κ3) is 3.28. The van der Waals surface area contributed by atoms with Crippen molar-refractivity contribution in [3.8, 4) is 0 Å². The summed E-state index contributed by atoms with van der Waals surface area (Å²) in [5, 5.41) is 9.33. The summed E-state index contributed by atoms with van der Waals surface area (Å²) in [7, 11) is 0. The monoisotopic (exact) mass is 327 g/mol. The molecule has 1 aromatic carbocycles. The molecule has 19 heavy (non-hydrogen) atoms. The van der Waals surface area contributed by atoms with E-state index in [1.54, 1.807) is 6.07 Å². The second kappa shape index (κ2) is 6.39. The van der Waals surface area contributed by atoms with E-state index in [0.717, 1.165) is 38.2 Å². The number of anilines is 1. The average molecular weight is 328 g/mol. The molecule has 0 unspecified atom stereocenters. The van der Waals surface area contributed by atoms with Crippen molar-refractivity contribution in [2.24, 2.45) is 0 Å². The van der Waals surface area contributed by atoms with Crippen molar-refractivity contribution in [1.29, 1.82) is 0 Å². The number of hydrogen-bond donors (Lipinski definition) is 1. The fourth-order valence-corrected chi connectivity index (χ4v) is 3.01. The van der Waals surface area contributed by atoms with Gasteiger partial charge in [-0.25, -0.2) is 4.79 Å². The first-order valence-electron chi connectivity index (χ1n) is 6.51. The molecule has 0 saturated carbocycles. The first-order valence-corrected chi connectivity index (χ1v) is 7.31. The molecule has 1 aromatic rings. The Hall–Kier alpha value is -1.07. The van der Waals surface area contributed by atoms with Gasteiger partial charge in [-0.1, -0.05) is 6.07 Å². The highest BCUT2D eigenvalue weighted by Crippen LogP contribution is 2.30. The Morgan fingerprint density at radius 3 is 2.74 bits per heavy atom. The molecule has 0 atom stereocenters. The number of carbonyl (C=O) groups is 1. The smallest absolute Gasteiger partial charge is 0.338 e. The first-order chi connectivity index (χ1) is 9.13. The second-order valence-electron chi connectivity index (χ2n) is 4.58. The molecule has 0 bridgehead atoms. The predicted molar refractivity (Wildman–Crippen MR) is 78.0 cm³/mol. The minimum atomic E-state index is -0.894. The largest absolute Gasteiger partial charge is 0.478 e. The molecular weight excluding hydrogens is 310 g/mol. The van der Waals surface area contributed by atoms with Gasteiger partial charge in [-0.2, -0.15) is 0 Å². The van der Waals surface area contributed by atoms with Gasteiger partial charge < -0.3 is 14.7 Å². The van der Waals surface area contributed by atoms with Crippen LogP contribution in [0.3, 0.4) is 0 Å². The van der Waals surface area contributed by atoms with Gasteiger partial charge in [0, 0.05) is 24.2 Å². The number of halogens is 1. The Bertz CT molecular complexity index is 456. The molecule has 0 amide bonds. The molecule has 1 aliphatic rings. The molecule has 1 aliphatic heterocycles. The van der Waals surface area contributed by atoms with E-state index in [4.69, 9.17) is 4.74 Å². The summed E-state index contributed by atoms with van der Waals surface area (Å²) in [6.45, 7) is 4.41. The van der Waals surface area contributed by atoms with Gasteiger partial charge in [0.25, 0.3) is 0 Å². The molecule has 1 N–H and O–H groups in total. The normalized spacial score (nSPS) is 16.6. The van der Waals surface area contributed by atoms with E-state index < -0.39 is 5.97 Å². The van der Waals surface area contributed by atoms with Crippen LogP contribution in [0.4, 0.5) is 5.69 Å². The molecule has 4 nitrogen and oxygen atoms in total. The molecule has 1 fully saturated rings. The van der Waals surface area contributed by atoms with Crippen LogP contribution in [0.25, 0.3) is 0 Å². The molecule has 5 heteroatoms. The summed E-state index contributed by atoms with van der Waals surface area (Å²) in [6.07, 6.45) is 2.19. The predicted octanol–water partition coefficient (Wildman–Crippen LogP) is 3.15. The lowest BCUT2D eigenvalue weighted by atomic mass is 10.0. The second-order valence-corrected chi connectivity index (χ2v) is 5.44. The molecule has 2 rings (SSSR count). The number of ether oxygens (including phenoxy) is 1. The van der Waals surface area contributed by atoms with Crippen LogP contribution in [-0.4, -0.2) is 36.9 Å². The van der Waals surface area contributed by atoms with Gasteiger partial charge in [0.2, 0.25) is 0 Å². The van der Waals surface area contributed by atoms with E-state index in [0.29, 0.717) is 16.1 Å². The maximum Gasteiger partial charge on any atom is 0.338 e. The van der Waals surface area contributed by atoms with Crippen LogP contribution in [0, 0.1) is 0 Å². The maximum atomic E-state index is 11.4. The summed E-state index contributed by atoms with van der Waals surface area (Å²) < 4.78 is 6.25. The zero-order valence-electron chi connectivity index (χ0n) is 10.9. The van der Waals surface area contributed by atoms with E-state index in [2.05, 4.69) is 20.8 Å². The zero-order valence-corrected chi connectivity index (χ0v) is 12.5. The Morgan fingerprint density at radius 2 is 2.16 bits per heavy atom. The zero-order chi connectivity index (χ0) is 13.8. The van der Waals surface area contributed by atoms with Crippen molar-refractivity contribution in [3.63, 3.8) is 0 Å². The van der Waals surface area contributed by atoms with Gasteiger partial charge in [0.05, 0.1) is 17.4 Å². The Labute approximate surface area is 121 Å². The summed E-state index contributed by atoms with van der Waals surface area (Å²) in [4.78, 5) is 13.5. The molecule has 0 aromatic heterocycles. The highest BCUT2D eigenvalue weighted by Gasteiger charge is 2.24. The third-order valence-electron chi connectivity index (χ3n) is 3.39. The van der Waals surface area contributed by atoms with E-state index in [1.807, 2.05) is 19.1 Å². The van der Waals surface area contributed by atoms with Crippen molar-refractivity contribution in [3.05, 3.63) is 28.2 Å². The van der Waals surface area contributed by atoms with Crippen LogP contribution in [0.1, 0.15) is 30.1 Å². The molecule has 0 radical (unpaired) electrons. The number of benzene rings is 1. The van der Waals surface area contributed by atoms with Gasteiger partial charge in [0.15, 0.2) is 0 Å². The Balaban J connectivity index is 2.15. The van der Waals surface area contributed by atoms with Gasteiger partial charge in [-0.15, -0.1) is 0 Å². The van der Waals surface area contributed by atoms with Gasteiger partial charge in [-0.05, 0) is 47.8 Å². The molecular formula is C14H18BrNO3. The molecule has 1 heterocycles. The van der Waals surface area contributed by atoms with Crippen LogP contribution in [0.2, 0.25) is 0 Å². The van der Waals surface area contributed by atoms with Crippen LogP contribution < -0.4 is 4.90 Å². The fourth-order valence-electron chi connectivity index (χ4n) is 2.49. The van der Waals surface area contributed by atoms with Crippen molar-refractivity contribution in [2.45, 2.75) is 25.9 Å². The number of nitrogens with zero attached hydrogens (tertiary/aromatic N) is 1. The van der Waals surface area contributed by atoms with Crippen LogP contribution in [0.5, 0.6) is 0 Å². The minimum absolute atomic E-state index is 0.307. The summed E-state index contributed by atoms with van der Waals surface area (Å²) in [5.74, 6) is -0.894. The van der Waals surface area contributed by atoms with Crippen LogP contribution >= 0.6 is 15.9 Å². The summed E-state index contributed by atoms with van der Waals surface area (Å²) in [6, 6.07) is 5.51. The van der Waals surface area contributed by atoms with Crippen molar-refractivity contribution >= 4 is 27.6 Å². The van der Waals surface area contributed by atoms with Gasteiger partial charge in [0.1, 0.15) is 0 Å². The third-order valence-corrected chi connectivity index (χ3v) is 4.05. The van der Waals surface area contributed by atoms with Crippen molar-refractivity contribution in [2.75, 3.05) is 24.6 Å². The number of aromatic carboxylic acids is 1. The SMILES string of the molecule is CCOC1CCN(c2cccc(Br)c2C(=O)O)CC1. The van der Waals surface area contributed by atoms with E-state index in [9.17, 15) is 9.90 Å². The molecule has 1 saturated heterocycles. The number of hydrogen-bond acceptors (Lipinski definition) is 3. The quantitative estimate of drug-likeness (QED) is 0.922. The number of carboxylic acid groups (broad SMARTS) is 1. The minimum Gasteiger partial charge on any atom is -0.478 e. The molecule has 0 spiro atoms. The van der Waals surface area contributed by atoms with E-state index >= 15 is 0 Å². The summed E-state index contributed by atoms with van der Waals surface area (Å²) in [5.41, 5.74) is 1.13. The number of piperidine rings is 1. The lowest BCUT2D eigenvalue weighted by Crippen LogP contribution is -2.37. The van der Waals surface area contributed by atoms with Crippen LogP contribution in [0.15, 0.2) is 22.7 Å². The van der Waals surface area contributed by atoms with Gasteiger partial charge in [-0.3, -0.25) is 0 Å². The lowest BCUT2D eigenvalue weighted by Gasteiger charge is -2.34. The van der Waals surface area contributed by atoms with Gasteiger partial charge >= 0.3 is 5.97 Å². The maximum absolute atomic E-state index is 11.4. The molecule has 104 valence electrons. The summed E-state index contributed by atoms with van der Waals surface area (Å²) >= 11 is 3.32. The lowest BCUT2D eigenvalue weighted by molar-refractivity contribution is 0.0459. The number of rotatable bonds is 4. The standard InChI is InChI=1S/C14H18BrNO3/c1-2-19-10-6-8-16(9-7-10)12-5-3-4-11(15)13(12)14(17)18/h3-5,10H,2,6-9H2,1H3,(H,17,18).